The van der Waals surface area contributed by atoms with Gasteiger partial charge in [-0.2, -0.15) is 5.10 Å². The van der Waals surface area contributed by atoms with Crippen LogP contribution in [0.3, 0.4) is 0 Å². The maximum Gasteiger partial charge on any atom is 0.272 e. The summed E-state index contributed by atoms with van der Waals surface area (Å²) in [5, 5.41) is 7.24. The highest BCUT2D eigenvalue weighted by molar-refractivity contribution is 6.05. The van der Waals surface area contributed by atoms with E-state index < -0.39 is 0 Å². The van der Waals surface area contributed by atoms with Crippen molar-refractivity contribution in [2.45, 2.75) is 13.3 Å². The summed E-state index contributed by atoms with van der Waals surface area (Å²) in [6.45, 7) is 1.77. The van der Waals surface area contributed by atoms with Crippen molar-refractivity contribution < 1.29 is 4.79 Å². The van der Waals surface area contributed by atoms with Crippen LogP contribution in [-0.2, 0) is 0 Å². The standard InChI is InChI=1S/C11H10N2O2/c1-2-9(14)10-7-5-3-4-6-8(7)11(15)13-12-10/h3-6H,2H2,1H3,(H,13,15). The molecule has 0 aliphatic heterocycles. The van der Waals surface area contributed by atoms with E-state index in [9.17, 15) is 9.59 Å². The summed E-state index contributed by atoms with van der Waals surface area (Å²) in [6, 6.07) is 6.97. The molecule has 1 N–H and O–H groups in total. The maximum absolute atomic E-state index is 11.6. The van der Waals surface area contributed by atoms with E-state index in [-0.39, 0.29) is 11.3 Å². The van der Waals surface area contributed by atoms with Gasteiger partial charge in [0.15, 0.2) is 5.78 Å². The fourth-order valence-electron chi connectivity index (χ4n) is 1.49. The van der Waals surface area contributed by atoms with Crippen LogP contribution < -0.4 is 5.56 Å². The number of benzene rings is 1. The highest BCUT2D eigenvalue weighted by atomic mass is 16.1. The zero-order valence-corrected chi connectivity index (χ0v) is 8.28. The molecule has 0 aliphatic carbocycles. The van der Waals surface area contributed by atoms with Crippen LogP contribution in [0.15, 0.2) is 29.1 Å². The van der Waals surface area contributed by atoms with Gasteiger partial charge in [0, 0.05) is 11.8 Å². The van der Waals surface area contributed by atoms with Crippen molar-refractivity contribution in [2.24, 2.45) is 0 Å². The van der Waals surface area contributed by atoms with E-state index in [4.69, 9.17) is 0 Å². The number of fused-ring (bicyclic) bond motifs is 1. The third kappa shape index (κ3) is 1.54. The molecular weight excluding hydrogens is 192 g/mol. The second kappa shape index (κ2) is 3.65. The topological polar surface area (TPSA) is 62.8 Å². The van der Waals surface area contributed by atoms with Crippen LogP contribution in [0.25, 0.3) is 10.8 Å². The molecule has 2 aromatic rings. The number of rotatable bonds is 2. The van der Waals surface area contributed by atoms with Crippen LogP contribution in [-0.4, -0.2) is 16.0 Å². The molecule has 0 bridgehead atoms. The fraction of sp³-hybridized carbons (Fsp3) is 0.182. The number of nitrogens with zero attached hydrogens (tertiary/aromatic N) is 1. The summed E-state index contributed by atoms with van der Waals surface area (Å²) in [7, 11) is 0. The molecule has 0 amide bonds. The SMILES string of the molecule is CCC(=O)c1n[nH]c(=O)c2ccccc12. The number of H-pyrrole nitrogens is 1. The van der Waals surface area contributed by atoms with Crippen molar-refractivity contribution in [1.29, 1.82) is 0 Å². The maximum atomic E-state index is 11.6. The molecule has 0 atom stereocenters. The summed E-state index contributed by atoms with van der Waals surface area (Å²) in [4.78, 5) is 23.0. The molecule has 0 aliphatic rings. The molecule has 0 saturated carbocycles. The average molecular weight is 202 g/mol. The predicted molar refractivity (Wildman–Crippen MR) is 57.0 cm³/mol. The number of aromatic nitrogens is 2. The lowest BCUT2D eigenvalue weighted by Crippen LogP contribution is -2.13. The molecule has 0 radical (unpaired) electrons. The molecule has 76 valence electrons. The molecule has 0 unspecified atom stereocenters. The van der Waals surface area contributed by atoms with Gasteiger partial charge in [-0.15, -0.1) is 0 Å². The largest absolute Gasteiger partial charge is 0.292 e. The summed E-state index contributed by atoms with van der Waals surface area (Å²) in [5.74, 6) is -0.0672. The molecule has 2 rings (SSSR count). The Hall–Kier alpha value is -1.97. The first-order valence-electron chi connectivity index (χ1n) is 4.74. The smallest absolute Gasteiger partial charge is 0.272 e. The third-order valence-corrected chi connectivity index (χ3v) is 2.28. The van der Waals surface area contributed by atoms with Crippen LogP contribution in [0.5, 0.6) is 0 Å². The number of Topliss-reactive ketones (excluding diaryl/α,β-unsaturated/α-hetero) is 1. The number of nitrogens with one attached hydrogen (secondary N) is 1. The lowest BCUT2D eigenvalue weighted by atomic mass is 10.1. The zero-order chi connectivity index (χ0) is 10.8. The molecule has 1 aromatic heterocycles. The van der Waals surface area contributed by atoms with Crippen LogP contribution in [0.1, 0.15) is 23.8 Å². The summed E-state index contributed by atoms with van der Waals surface area (Å²) < 4.78 is 0. The Balaban J connectivity index is 2.83. The molecule has 0 fully saturated rings. The molecule has 0 saturated heterocycles. The second-order valence-electron chi connectivity index (χ2n) is 3.22. The molecule has 0 spiro atoms. The van der Waals surface area contributed by atoms with Gasteiger partial charge in [0.1, 0.15) is 5.69 Å². The zero-order valence-electron chi connectivity index (χ0n) is 8.28. The van der Waals surface area contributed by atoms with Crippen molar-refractivity contribution >= 4 is 16.6 Å². The molecule has 15 heavy (non-hydrogen) atoms. The van der Waals surface area contributed by atoms with Crippen LogP contribution >= 0.6 is 0 Å². The lowest BCUT2D eigenvalue weighted by Gasteiger charge is -2.01. The first-order valence-corrected chi connectivity index (χ1v) is 4.74. The lowest BCUT2D eigenvalue weighted by molar-refractivity contribution is 0.0984. The van der Waals surface area contributed by atoms with Gasteiger partial charge >= 0.3 is 0 Å². The average Bonchev–Trinajstić information content (AvgIpc) is 2.29. The summed E-state index contributed by atoms with van der Waals surface area (Å²) in [6.07, 6.45) is 0.378. The van der Waals surface area contributed by atoms with E-state index in [1.807, 2.05) is 0 Å². The number of carbonyl (C=O) groups excluding carboxylic acids is 1. The predicted octanol–water partition coefficient (Wildman–Crippen LogP) is 1.52. The van der Waals surface area contributed by atoms with Crippen molar-refractivity contribution in [3.8, 4) is 0 Å². The minimum absolute atomic E-state index is 0.0672. The van der Waals surface area contributed by atoms with E-state index in [0.29, 0.717) is 22.9 Å². The van der Waals surface area contributed by atoms with Crippen molar-refractivity contribution in [1.82, 2.24) is 10.2 Å². The van der Waals surface area contributed by atoms with Crippen molar-refractivity contribution in [3.05, 3.63) is 40.3 Å². The molecular formula is C11H10N2O2. The van der Waals surface area contributed by atoms with E-state index in [1.54, 1.807) is 31.2 Å². The van der Waals surface area contributed by atoms with E-state index in [0.717, 1.165) is 0 Å². The Bertz CT molecular complexity index is 572. The monoisotopic (exact) mass is 202 g/mol. The Morgan fingerprint density at radius 2 is 2.00 bits per heavy atom. The minimum atomic E-state index is -0.266. The van der Waals surface area contributed by atoms with E-state index in [1.165, 1.54) is 0 Å². The normalized spacial score (nSPS) is 10.5. The number of hydrogen-bond donors (Lipinski definition) is 1. The Morgan fingerprint density at radius 1 is 1.33 bits per heavy atom. The van der Waals surface area contributed by atoms with Gasteiger partial charge < -0.3 is 0 Å². The van der Waals surface area contributed by atoms with E-state index >= 15 is 0 Å². The van der Waals surface area contributed by atoms with Gasteiger partial charge in [0.25, 0.3) is 5.56 Å². The first kappa shape index (κ1) is 9.58. The quantitative estimate of drug-likeness (QED) is 0.751. The number of carbonyl (C=O) groups is 1. The van der Waals surface area contributed by atoms with Gasteiger partial charge in [-0.3, -0.25) is 9.59 Å². The highest BCUT2D eigenvalue weighted by Gasteiger charge is 2.11. The Labute approximate surface area is 85.9 Å². The van der Waals surface area contributed by atoms with Gasteiger partial charge in [0.2, 0.25) is 0 Å². The van der Waals surface area contributed by atoms with Crippen LogP contribution in [0.4, 0.5) is 0 Å². The number of hydrogen-bond acceptors (Lipinski definition) is 3. The van der Waals surface area contributed by atoms with E-state index in [2.05, 4.69) is 10.2 Å². The van der Waals surface area contributed by atoms with Gasteiger partial charge in [-0.05, 0) is 6.07 Å². The van der Waals surface area contributed by atoms with Crippen molar-refractivity contribution in [2.75, 3.05) is 0 Å². The number of aromatic amines is 1. The molecule has 1 heterocycles. The Kier molecular flexibility index (Phi) is 2.33. The van der Waals surface area contributed by atoms with Crippen LogP contribution in [0.2, 0.25) is 0 Å². The minimum Gasteiger partial charge on any atom is -0.292 e. The summed E-state index contributed by atoms with van der Waals surface area (Å²) in [5.41, 5.74) is 0.0750. The van der Waals surface area contributed by atoms with Gasteiger partial charge in [-0.25, -0.2) is 5.10 Å². The number of ketones is 1. The molecule has 4 heteroatoms. The van der Waals surface area contributed by atoms with Gasteiger partial charge in [0.05, 0.1) is 5.39 Å². The molecule has 1 aromatic carbocycles. The first-order chi connectivity index (χ1) is 7.24. The highest BCUT2D eigenvalue weighted by Crippen LogP contribution is 2.13. The fourth-order valence-corrected chi connectivity index (χ4v) is 1.49. The van der Waals surface area contributed by atoms with Crippen LogP contribution in [0, 0.1) is 0 Å². The summed E-state index contributed by atoms with van der Waals surface area (Å²) >= 11 is 0. The Morgan fingerprint density at radius 3 is 2.67 bits per heavy atom. The molecule has 4 nitrogen and oxygen atoms in total. The van der Waals surface area contributed by atoms with Gasteiger partial charge in [-0.1, -0.05) is 25.1 Å². The van der Waals surface area contributed by atoms with Crippen molar-refractivity contribution in [3.63, 3.8) is 0 Å². The third-order valence-electron chi connectivity index (χ3n) is 2.28. The second-order valence-corrected chi connectivity index (χ2v) is 3.22.